The lowest BCUT2D eigenvalue weighted by molar-refractivity contribution is -0.0704. The van der Waals surface area contributed by atoms with Gasteiger partial charge >= 0.3 is 6.09 Å². The summed E-state index contributed by atoms with van der Waals surface area (Å²) in [5.74, 6) is -0.133. The average Bonchev–Trinajstić information content (AvgIpc) is 2.76. The smallest absolute Gasteiger partial charge is 0.412 e. The Balaban J connectivity index is 3.24. The predicted octanol–water partition coefficient (Wildman–Crippen LogP) is 4.38. The third-order valence-electron chi connectivity index (χ3n) is 5.57. The van der Waals surface area contributed by atoms with E-state index in [9.17, 15) is 9.90 Å². The lowest BCUT2D eigenvalue weighted by Gasteiger charge is -2.45. The first-order chi connectivity index (χ1) is 11.9. The van der Waals surface area contributed by atoms with Crippen LogP contribution in [0.3, 0.4) is 0 Å². The van der Waals surface area contributed by atoms with Crippen molar-refractivity contribution in [2.75, 3.05) is 13.2 Å². The maximum Gasteiger partial charge on any atom is 0.412 e. The number of aliphatic hydroxyl groups excluding tert-OH is 1. The van der Waals surface area contributed by atoms with Gasteiger partial charge in [-0.25, -0.2) is 4.79 Å². The van der Waals surface area contributed by atoms with Crippen LogP contribution in [0.15, 0.2) is 0 Å². The topological polar surface area (TPSA) is 68.2 Å². The van der Waals surface area contributed by atoms with Gasteiger partial charge in [0.2, 0.25) is 0 Å². The monoisotopic (exact) mass is 403 g/mol. The van der Waals surface area contributed by atoms with E-state index < -0.39 is 25.7 Å². The number of aliphatic hydroxyl groups is 1. The van der Waals surface area contributed by atoms with Crippen molar-refractivity contribution >= 4 is 14.4 Å². The summed E-state index contributed by atoms with van der Waals surface area (Å²) in [7, 11) is -2.12. The molecule has 6 nitrogen and oxygen atoms in total. The van der Waals surface area contributed by atoms with Crippen molar-refractivity contribution in [2.24, 2.45) is 5.92 Å². The number of rotatable bonds is 5. The van der Waals surface area contributed by atoms with Crippen LogP contribution in [0.25, 0.3) is 0 Å². The van der Waals surface area contributed by atoms with E-state index in [0.717, 1.165) is 0 Å². The Labute approximate surface area is 166 Å². The summed E-state index contributed by atoms with van der Waals surface area (Å²) in [5, 5.41) is 9.89. The Morgan fingerprint density at radius 1 is 1.26 bits per heavy atom. The zero-order chi connectivity index (χ0) is 21.4. The standard InChI is InChI=1S/C20H41NO5Si/c1-14(12-22)16(26-27(10,11)19(5,6)7)15-13-24-20(8,9)21(15)17(23)25-18(2,3)4/h14-16,22H,12-13H2,1-11H3. The lowest BCUT2D eigenvalue weighted by atomic mass is 9.98. The molecular formula is C20H41NO5Si. The Bertz CT molecular complexity index is 521. The minimum absolute atomic E-state index is 0.0155. The third kappa shape index (κ3) is 5.92. The van der Waals surface area contributed by atoms with E-state index in [1.54, 1.807) is 4.90 Å². The van der Waals surface area contributed by atoms with Crippen molar-refractivity contribution < 1.29 is 23.8 Å². The molecule has 1 amide bonds. The predicted molar refractivity (Wildman–Crippen MR) is 110 cm³/mol. The molecule has 27 heavy (non-hydrogen) atoms. The molecule has 3 atom stereocenters. The maximum absolute atomic E-state index is 13.0. The SMILES string of the molecule is CC(CO)C(O[Si](C)(C)C(C)(C)C)C1COC(C)(C)N1C(=O)OC(C)(C)C. The molecule has 0 aromatic heterocycles. The van der Waals surface area contributed by atoms with Gasteiger partial charge < -0.3 is 19.0 Å². The zero-order valence-corrected chi connectivity index (χ0v) is 20.2. The highest BCUT2D eigenvalue weighted by Gasteiger charge is 2.52. The average molecular weight is 404 g/mol. The molecular weight excluding hydrogens is 362 g/mol. The lowest BCUT2D eigenvalue weighted by Crippen LogP contribution is -2.58. The Morgan fingerprint density at radius 2 is 1.78 bits per heavy atom. The van der Waals surface area contributed by atoms with Gasteiger partial charge in [-0.15, -0.1) is 0 Å². The van der Waals surface area contributed by atoms with Crippen LogP contribution < -0.4 is 0 Å². The first kappa shape index (κ1) is 24.4. The molecule has 160 valence electrons. The van der Waals surface area contributed by atoms with Crippen LogP contribution >= 0.6 is 0 Å². The van der Waals surface area contributed by atoms with E-state index in [2.05, 4.69) is 33.9 Å². The molecule has 0 aromatic carbocycles. The molecule has 7 heteroatoms. The highest BCUT2D eigenvalue weighted by Crippen LogP contribution is 2.41. The fourth-order valence-electron chi connectivity index (χ4n) is 2.94. The van der Waals surface area contributed by atoms with Crippen LogP contribution in [0.4, 0.5) is 4.79 Å². The van der Waals surface area contributed by atoms with Gasteiger partial charge in [-0.1, -0.05) is 27.7 Å². The summed E-state index contributed by atoms with van der Waals surface area (Å²) in [4.78, 5) is 14.6. The van der Waals surface area contributed by atoms with Gasteiger partial charge in [0.1, 0.15) is 11.3 Å². The molecule has 0 saturated carbocycles. The Hall–Kier alpha value is -0.633. The first-order valence-electron chi connectivity index (χ1n) is 9.88. The van der Waals surface area contributed by atoms with E-state index in [0.29, 0.717) is 6.61 Å². The molecule has 1 fully saturated rings. The fraction of sp³-hybridized carbons (Fsp3) is 0.950. The van der Waals surface area contributed by atoms with Gasteiger partial charge in [0.25, 0.3) is 0 Å². The molecule has 1 heterocycles. The Morgan fingerprint density at radius 3 is 2.19 bits per heavy atom. The minimum atomic E-state index is -2.12. The molecule has 1 aliphatic rings. The highest BCUT2D eigenvalue weighted by atomic mass is 28.4. The second-order valence-corrected chi connectivity index (χ2v) is 15.4. The normalized spacial score (nSPS) is 23.3. The summed E-state index contributed by atoms with van der Waals surface area (Å²) >= 11 is 0. The van der Waals surface area contributed by atoms with Crippen molar-refractivity contribution in [3.05, 3.63) is 0 Å². The fourth-order valence-corrected chi connectivity index (χ4v) is 4.36. The van der Waals surface area contributed by atoms with E-state index in [-0.39, 0.29) is 29.7 Å². The minimum Gasteiger partial charge on any atom is -0.444 e. The van der Waals surface area contributed by atoms with Crippen molar-refractivity contribution in [1.82, 2.24) is 4.90 Å². The summed E-state index contributed by atoms with van der Waals surface area (Å²) in [5.41, 5.74) is -1.39. The van der Waals surface area contributed by atoms with Gasteiger partial charge in [-0.05, 0) is 52.8 Å². The van der Waals surface area contributed by atoms with Gasteiger partial charge in [0.05, 0.1) is 18.8 Å². The van der Waals surface area contributed by atoms with E-state index in [1.165, 1.54) is 0 Å². The van der Waals surface area contributed by atoms with Crippen LogP contribution in [-0.2, 0) is 13.9 Å². The first-order valence-corrected chi connectivity index (χ1v) is 12.8. The van der Waals surface area contributed by atoms with E-state index >= 15 is 0 Å². The van der Waals surface area contributed by atoms with Gasteiger partial charge in [-0.3, -0.25) is 4.90 Å². The van der Waals surface area contributed by atoms with Crippen LogP contribution in [0.2, 0.25) is 18.1 Å². The summed E-state index contributed by atoms with van der Waals surface area (Å²) in [6, 6.07) is -0.314. The number of carbonyl (C=O) groups excluding carboxylic acids is 1. The van der Waals surface area contributed by atoms with Crippen molar-refractivity contribution in [3.63, 3.8) is 0 Å². The number of nitrogens with zero attached hydrogens (tertiary/aromatic N) is 1. The van der Waals surface area contributed by atoms with Gasteiger partial charge in [0.15, 0.2) is 8.32 Å². The molecule has 1 N–H and O–H groups in total. The van der Waals surface area contributed by atoms with Gasteiger partial charge in [-0.2, -0.15) is 0 Å². The molecule has 0 radical (unpaired) electrons. The Kier molecular flexibility index (Phi) is 7.24. The maximum atomic E-state index is 13.0. The summed E-state index contributed by atoms with van der Waals surface area (Å²) in [6.07, 6.45) is -0.742. The van der Waals surface area contributed by atoms with Crippen LogP contribution in [-0.4, -0.2) is 61.1 Å². The summed E-state index contributed by atoms with van der Waals surface area (Å²) < 4.78 is 18.3. The van der Waals surface area contributed by atoms with Crippen molar-refractivity contribution in [3.8, 4) is 0 Å². The number of carbonyl (C=O) groups is 1. The molecule has 1 rings (SSSR count). The molecule has 1 saturated heterocycles. The number of hydrogen-bond acceptors (Lipinski definition) is 5. The number of amides is 1. The third-order valence-corrected chi connectivity index (χ3v) is 10.0. The van der Waals surface area contributed by atoms with Gasteiger partial charge in [0, 0.05) is 12.5 Å². The van der Waals surface area contributed by atoms with E-state index in [1.807, 2.05) is 41.5 Å². The molecule has 0 spiro atoms. The molecule has 0 aromatic rings. The molecule has 3 unspecified atom stereocenters. The number of hydrogen-bond donors (Lipinski definition) is 1. The molecule has 1 aliphatic heterocycles. The van der Waals surface area contributed by atoms with Crippen molar-refractivity contribution in [1.29, 1.82) is 0 Å². The molecule has 0 aliphatic carbocycles. The number of ether oxygens (including phenoxy) is 2. The van der Waals surface area contributed by atoms with E-state index in [4.69, 9.17) is 13.9 Å². The largest absolute Gasteiger partial charge is 0.444 e. The zero-order valence-electron chi connectivity index (χ0n) is 19.2. The van der Waals surface area contributed by atoms with Crippen molar-refractivity contribution in [2.45, 2.75) is 104 Å². The van der Waals surface area contributed by atoms with Crippen LogP contribution in [0.5, 0.6) is 0 Å². The highest BCUT2D eigenvalue weighted by molar-refractivity contribution is 6.74. The van der Waals surface area contributed by atoms with Crippen LogP contribution in [0.1, 0.15) is 62.3 Å². The second kappa shape index (κ2) is 8.01. The molecule has 0 bridgehead atoms. The quantitative estimate of drug-likeness (QED) is 0.690. The second-order valence-electron chi connectivity index (χ2n) is 10.7. The summed E-state index contributed by atoms with van der Waals surface area (Å²) in [6.45, 7) is 22.5. The van der Waals surface area contributed by atoms with Crippen LogP contribution in [0, 0.1) is 5.92 Å².